The third kappa shape index (κ3) is 2.63. The minimum Gasteiger partial charge on any atom is -0.383 e. The zero-order valence-electron chi connectivity index (χ0n) is 11.1. The highest BCUT2D eigenvalue weighted by atomic mass is 15.3. The summed E-state index contributed by atoms with van der Waals surface area (Å²) in [5, 5.41) is 4.42. The van der Waals surface area contributed by atoms with Crippen LogP contribution in [-0.4, -0.2) is 27.8 Å². The van der Waals surface area contributed by atoms with Crippen LogP contribution in [0.15, 0.2) is 36.5 Å². The molecule has 1 aliphatic rings. The van der Waals surface area contributed by atoms with Gasteiger partial charge in [0.05, 0.1) is 11.9 Å². The SMILES string of the molecule is Nc1c(CN2CCCCC2)cnn1-c1ccccc1. The third-order valence-electron chi connectivity index (χ3n) is 3.73. The van der Waals surface area contributed by atoms with Gasteiger partial charge in [-0.1, -0.05) is 24.6 Å². The molecule has 2 heterocycles. The highest BCUT2D eigenvalue weighted by Gasteiger charge is 2.15. The van der Waals surface area contributed by atoms with Crippen LogP contribution < -0.4 is 5.73 Å². The van der Waals surface area contributed by atoms with E-state index in [2.05, 4.69) is 10.00 Å². The van der Waals surface area contributed by atoms with E-state index in [4.69, 9.17) is 5.73 Å². The number of nitrogens with zero attached hydrogens (tertiary/aromatic N) is 3. The Morgan fingerprint density at radius 2 is 1.79 bits per heavy atom. The Balaban J connectivity index is 1.79. The molecule has 19 heavy (non-hydrogen) atoms. The molecular weight excluding hydrogens is 236 g/mol. The maximum Gasteiger partial charge on any atom is 0.131 e. The fraction of sp³-hybridized carbons (Fsp3) is 0.400. The molecule has 2 N–H and O–H groups in total. The van der Waals surface area contributed by atoms with Crippen LogP contribution >= 0.6 is 0 Å². The molecule has 3 rings (SSSR count). The molecular formula is C15H20N4. The molecule has 1 aromatic heterocycles. The van der Waals surface area contributed by atoms with Crippen LogP contribution in [0, 0.1) is 0 Å². The standard InChI is InChI=1S/C15H20N4/c16-15-13(12-18-9-5-2-6-10-18)11-17-19(15)14-7-3-1-4-8-14/h1,3-4,7-8,11H,2,5-6,9-10,12,16H2. The Morgan fingerprint density at radius 1 is 1.05 bits per heavy atom. The Hall–Kier alpha value is -1.81. The van der Waals surface area contributed by atoms with Crippen molar-refractivity contribution >= 4 is 5.82 Å². The molecule has 2 aromatic rings. The number of benzene rings is 1. The van der Waals surface area contributed by atoms with Crippen LogP contribution in [0.3, 0.4) is 0 Å². The average Bonchev–Trinajstić information content (AvgIpc) is 2.82. The normalized spacial score (nSPS) is 16.6. The number of nitrogens with two attached hydrogens (primary N) is 1. The first kappa shape index (κ1) is 12.2. The van der Waals surface area contributed by atoms with Gasteiger partial charge in [-0.2, -0.15) is 5.10 Å². The summed E-state index contributed by atoms with van der Waals surface area (Å²) in [7, 11) is 0. The molecule has 4 nitrogen and oxygen atoms in total. The maximum atomic E-state index is 6.23. The first-order valence-electron chi connectivity index (χ1n) is 6.95. The maximum absolute atomic E-state index is 6.23. The number of likely N-dealkylation sites (tertiary alicyclic amines) is 1. The van der Waals surface area contributed by atoms with Crippen LogP contribution in [0.1, 0.15) is 24.8 Å². The summed E-state index contributed by atoms with van der Waals surface area (Å²) in [4.78, 5) is 2.46. The molecule has 1 fully saturated rings. The third-order valence-corrected chi connectivity index (χ3v) is 3.73. The van der Waals surface area contributed by atoms with E-state index in [1.54, 1.807) is 0 Å². The second kappa shape index (κ2) is 5.45. The highest BCUT2D eigenvalue weighted by molar-refractivity contribution is 5.46. The van der Waals surface area contributed by atoms with Gasteiger partial charge in [-0.05, 0) is 38.1 Å². The number of piperidine rings is 1. The molecule has 0 radical (unpaired) electrons. The van der Waals surface area contributed by atoms with Crippen LogP contribution in [0.4, 0.5) is 5.82 Å². The number of aromatic nitrogens is 2. The number of nitrogen functional groups attached to an aromatic ring is 1. The van der Waals surface area contributed by atoms with E-state index in [0.29, 0.717) is 0 Å². The largest absolute Gasteiger partial charge is 0.383 e. The molecule has 0 amide bonds. The number of rotatable bonds is 3. The Morgan fingerprint density at radius 3 is 2.53 bits per heavy atom. The molecule has 0 bridgehead atoms. The first-order chi connectivity index (χ1) is 9.34. The number of hydrogen-bond acceptors (Lipinski definition) is 3. The molecule has 1 saturated heterocycles. The summed E-state index contributed by atoms with van der Waals surface area (Å²) in [6.07, 6.45) is 5.85. The number of anilines is 1. The van der Waals surface area contributed by atoms with Crippen LogP contribution in [-0.2, 0) is 6.54 Å². The molecule has 0 spiro atoms. The molecule has 1 aliphatic heterocycles. The predicted octanol–water partition coefficient (Wildman–Crippen LogP) is 2.44. The van der Waals surface area contributed by atoms with Crippen LogP contribution in [0.25, 0.3) is 5.69 Å². The summed E-state index contributed by atoms with van der Waals surface area (Å²) in [6.45, 7) is 3.27. The Kier molecular flexibility index (Phi) is 3.51. The van der Waals surface area contributed by atoms with Crippen molar-refractivity contribution in [3.63, 3.8) is 0 Å². The topological polar surface area (TPSA) is 47.1 Å². The lowest BCUT2D eigenvalue weighted by molar-refractivity contribution is 0.221. The van der Waals surface area contributed by atoms with Gasteiger partial charge in [-0.15, -0.1) is 0 Å². The van der Waals surface area contributed by atoms with Crippen molar-refractivity contribution in [1.29, 1.82) is 0 Å². The van der Waals surface area contributed by atoms with Gasteiger partial charge in [0, 0.05) is 12.1 Å². The molecule has 100 valence electrons. The monoisotopic (exact) mass is 256 g/mol. The lowest BCUT2D eigenvalue weighted by Crippen LogP contribution is -2.29. The van der Waals surface area contributed by atoms with E-state index < -0.39 is 0 Å². The van der Waals surface area contributed by atoms with Crippen molar-refractivity contribution in [2.45, 2.75) is 25.8 Å². The second-order valence-corrected chi connectivity index (χ2v) is 5.14. The summed E-state index contributed by atoms with van der Waals surface area (Å²) < 4.78 is 1.82. The van der Waals surface area contributed by atoms with E-state index in [9.17, 15) is 0 Å². The molecule has 0 saturated carbocycles. The van der Waals surface area contributed by atoms with Gasteiger partial charge in [-0.25, -0.2) is 4.68 Å². The van der Waals surface area contributed by atoms with Crippen molar-refractivity contribution in [2.24, 2.45) is 0 Å². The molecule has 0 aliphatic carbocycles. The summed E-state index contributed by atoms with van der Waals surface area (Å²) in [5.41, 5.74) is 8.38. The number of hydrogen-bond donors (Lipinski definition) is 1. The van der Waals surface area contributed by atoms with E-state index in [1.165, 1.54) is 32.4 Å². The molecule has 0 atom stereocenters. The fourth-order valence-corrected chi connectivity index (χ4v) is 2.65. The van der Waals surface area contributed by atoms with E-state index in [0.717, 1.165) is 23.6 Å². The van der Waals surface area contributed by atoms with E-state index in [1.807, 2.05) is 41.2 Å². The van der Waals surface area contributed by atoms with E-state index >= 15 is 0 Å². The average molecular weight is 256 g/mol. The van der Waals surface area contributed by atoms with Crippen molar-refractivity contribution in [3.05, 3.63) is 42.1 Å². The van der Waals surface area contributed by atoms with Gasteiger partial charge in [0.15, 0.2) is 0 Å². The van der Waals surface area contributed by atoms with Crippen molar-refractivity contribution < 1.29 is 0 Å². The zero-order chi connectivity index (χ0) is 13.1. The minimum absolute atomic E-state index is 0.761. The number of para-hydroxylation sites is 1. The van der Waals surface area contributed by atoms with Crippen LogP contribution in [0.5, 0.6) is 0 Å². The van der Waals surface area contributed by atoms with Gasteiger partial charge in [0.1, 0.15) is 5.82 Å². The van der Waals surface area contributed by atoms with Crippen molar-refractivity contribution in [2.75, 3.05) is 18.8 Å². The van der Waals surface area contributed by atoms with Gasteiger partial charge in [0.2, 0.25) is 0 Å². The molecule has 4 heteroatoms. The fourth-order valence-electron chi connectivity index (χ4n) is 2.65. The quantitative estimate of drug-likeness (QED) is 0.917. The Bertz CT molecular complexity index is 526. The first-order valence-corrected chi connectivity index (χ1v) is 6.95. The van der Waals surface area contributed by atoms with E-state index in [-0.39, 0.29) is 0 Å². The minimum atomic E-state index is 0.761. The summed E-state index contributed by atoms with van der Waals surface area (Å²) in [5.74, 6) is 0.761. The summed E-state index contributed by atoms with van der Waals surface area (Å²) >= 11 is 0. The van der Waals surface area contributed by atoms with Gasteiger partial charge < -0.3 is 5.73 Å². The zero-order valence-corrected chi connectivity index (χ0v) is 11.1. The second-order valence-electron chi connectivity index (χ2n) is 5.14. The Labute approximate surface area is 113 Å². The highest BCUT2D eigenvalue weighted by Crippen LogP contribution is 2.20. The van der Waals surface area contributed by atoms with Crippen molar-refractivity contribution in [1.82, 2.24) is 14.7 Å². The molecule has 1 aromatic carbocycles. The van der Waals surface area contributed by atoms with Gasteiger partial charge in [0.25, 0.3) is 0 Å². The van der Waals surface area contributed by atoms with Crippen molar-refractivity contribution in [3.8, 4) is 5.69 Å². The lowest BCUT2D eigenvalue weighted by atomic mass is 10.1. The van der Waals surface area contributed by atoms with Gasteiger partial charge >= 0.3 is 0 Å². The molecule has 0 unspecified atom stereocenters. The van der Waals surface area contributed by atoms with Crippen LogP contribution in [0.2, 0.25) is 0 Å². The predicted molar refractivity (Wildman–Crippen MR) is 77.1 cm³/mol. The lowest BCUT2D eigenvalue weighted by Gasteiger charge is -2.26. The smallest absolute Gasteiger partial charge is 0.131 e. The summed E-state index contributed by atoms with van der Waals surface area (Å²) in [6, 6.07) is 10.0. The van der Waals surface area contributed by atoms with Gasteiger partial charge in [-0.3, -0.25) is 4.90 Å².